The van der Waals surface area contributed by atoms with Crippen LogP contribution in [0.4, 0.5) is 0 Å². The highest BCUT2D eigenvalue weighted by Gasteiger charge is 2.31. The van der Waals surface area contributed by atoms with E-state index in [9.17, 15) is 15.0 Å². The fourth-order valence-corrected chi connectivity index (χ4v) is 3.69. The van der Waals surface area contributed by atoms with Gasteiger partial charge in [-0.15, -0.1) is 0 Å². The zero-order valence-electron chi connectivity index (χ0n) is 14.1. The first-order valence-electron chi connectivity index (χ1n) is 8.62. The van der Waals surface area contributed by atoms with Crippen LogP contribution >= 0.6 is 0 Å². The lowest BCUT2D eigenvalue weighted by atomic mass is 9.84. The van der Waals surface area contributed by atoms with Gasteiger partial charge < -0.3 is 20.2 Å². The van der Waals surface area contributed by atoms with Gasteiger partial charge in [0.25, 0.3) is 0 Å². The molecule has 2 aromatic heterocycles. The first kappa shape index (κ1) is 16.6. The van der Waals surface area contributed by atoms with Crippen molar-refractivity contribution in [2.24, 2.45) is 0 Å². The number of carbonyl (C=O) groups excluding carboxylic acids is 1. The Balaban J connectivity index is 1.76. The van der Waals surface area contributed by atoms with Crippen LogP contribution in [0.25, 0.3) is 21.8 Å². The van der Waals surface area contributed by atoms with Crippen LogP contribution in [0.1, 0.15) is 23.0 Å². The number of hydrogen-bond acceptors (Lipinski definition) is 3. The summed E-state index contributed by atoms with van der Waals surface area (Å²) in [5.74, 6) is -1.58. The highest BCUT2D eigenvalue weighted by Crippen LogP contribution is 2.33. The van der Waals surface area contributed by atoms with Crippen LogP contribution in [-0.2, 0) is 4.79 Å². The fourth-order valence-electron chi connectivity index (χ4n) is 3.69. The van der Waals surface area contributed by atoms with Gasteiger partial charge in [0.1, 0.15) is 0 Å². The number of aliphatic hydroxyl groups excluding tert-OH is 2. The molecule has 2 unspecified atom stereocenters. The lowest BCUT2D eigenvalue weighted by Crippen LogP contribution is -2.25. The Morgan fingerprint density at radius 2 is 1.19 bits per heavy atom. The van der Waals surface area contributed by atoms with E-state index in [1.165, 1.54) is 0 Å². The van der Waals surface area contributed by atoms with Crippen molar-refractivity contribution in [2.75, 3.05) is 13.2 Å². The van der Waals surface area contributed by atoms with E-state index in [2.05, 4.69) is 9.97 Å². The van der Waals surface area contributed by atoms with Crippen LogP contribution < -0.4 is 0 Å². The zero-order chi connectivity index (χ0) is 18.1. The van der Waals surface area contributed by atoms with Gasteiger partial charge in [-0.3, -0.25) is 4.79 Å². The average molecular weight is 348 g/mol. The van der Waals surface area contributed by atoms with Crippen LogP contribution in [0, 0.1) is 0 Å². The highest BCUT2D eigenvalue weighted by atomic mass is 16.3. The summed E-state index contributed by atoms with van der Waals surface area (Å²) >= 11 is 0. The van der Waals surface area contributed by atoms with Gasteiger partial charge in [-0.25, -0.2) is 0 Å². The number of ketones is 1. The molecule has 26 heavy (non-hydrogen) atoms. The molecule has 0 spiro atoms. The predicted molar refractivity (Wildman–Crippen MR) is 101 cm³/mol. The van der Waals surface area contributed by atoms with E-state index in [4.69, 9.17) is 0 Å². The number of hydrogen-bond donors (Lipinski definition) is 4. The van der Waals surface area contributed by atoms with Crippen molar-refractivity contribution in [3.05, 3.63) is 72.1 Å². The number of benzene rings is 2. The minimum absolute atomic E-state index is 0.190. The number of Topliss-reactive ketones (excluding diaryl/α,β-unsaturated/α-hetero) is 1. The maximum atomic E-state index is 13.2. The van der Waals surface area contributed by atoms with Gasteiger partial charge in [-0.2, -0.15) is 0 Å². The van der Waals surface area contributed by atoms with Crippen molar-refractivity contribution in [2.45, 2.75) is 11.8 Å². The molecule has 0 fully saturated rings. The molecule has 2 heterocycles. The number of carbonyl (C=O) groups is 1. The van der Waals surface area contributed by atoms with Crippen LogP contribution in [0.3, 0.4) is 0 Å². The summed E-state index contributed by atoms with van der Waals surface area (Å²) < 4.78 is 0. The second kappa shape index (κ2) is 6.78. The van der Waals surface area contributed by atoms with E-state index in [1.807, 2.05) is 48.5 Å². The van der Waals surface area contributed by atoms with Crippen molar-refractivity contribution in [1.29, 1.82) is 0 Å². The predicted octanol–water partition coefficient (Wildman–Crippen LogP) is 3.07. The van der Waals surface area contributed by atoms with Crippen molar-refractivity contribution in [3.63, 3.8) is 0 Å². The quantitative estimate of drug-likeness (QED) is 0.432. The van der Waals surface area contributed by atoms with Crippen molar-refractivity contribution in [3.8, 4) is 0 Å². The van der Waals surface area contributed by atoms with Crippen LogP contribution in [0.5, 0.6) is 0 Å². The van der Waals surface area contributed by atoms with Crippen LogP contribution in [0.2, 0.25) is 0 Å². The number of fused-ring (bicyclic) bond motifs is 2. The Labute approximate surface area is 150 Å². The van der Waals surface area contributed by atoms with E-state index >= 15 is 0 Å². The summed E-state index contributed by atoms with van der Waals surface area (Å²) in [7, 11) is 0. The Hall–Kier alpha value is -2.89. The molecule has 0 aliphatic heterocycles. The minimum atomic E-state index is -0.697. The highest BCUT2D eigenvalue weighted by molar-refractivity contribution is 5.99. The molecule has 2 atom stereocenters. The summed E-state index contributed by atoms with van der Waals surface area (Å²) in [6.45, 7) is -0.612. The molecular formula is C21H20N2O3. The summed E-state index contributed by atoms with van der Waals surface area (Å²) in [4.78, 5) is 19.5. The van der Waals surface area contributed by atoms with Gasteiger partial charge in [0.2, 0.25) is 0 Å². The summed E-state index contributed by atoms with van der Waals surface area (Å²) in [6.07, 6.45) is 3.54. The van der Waals surface area contributed by atoms with E-state index in [0.717, 1.165) is 32.9 Å². The Bertz CT molecular complexity index is 979. The molecule has 2 aromatic carbocycles. The number of aliphatic hydroxyl groups is 2. The largest absolute Gasteiger partial charge is 0.395 e. The molecule has 0 aliphatic rings. The van der Waals surface area contributed by atoms with E-state index in [0.29, 0.717) is 0 Å². The number of H-pyrrole nitrogens is 2. The van der Waals surface area contributed by atoms with Gasteiger partial charge >= 0.3 is 0 Å². The number of para-hydroxylation sites is 2. The average Bonchev–Trinajstić information content (AvgIpc) is 3.29. The maximum absolute atomic E-state index is 13.2. The molecular weight excluding hydrogens is 328 g/mol. The molecule has 0 saturated carbocycles. The summed E-state index contributed by atoms with van der Waals surface area (Å²) in [5, 5.41) is 21.7. The molecule has 5 nitrogen and oxygen atoms in total. The second-order valence-corrected chi connectivity index (χ2v) is 6.45. The molecule has 4 rings (SSSR count). The summed E-state index contributed by atoms with van der Waals surface area (Å²) in [6, 6.07) is 15.4. The fraction of sp³-hybridized carbons (Fsp3) is 0.190. The maximum Gasteiger partial charge on any atom is 0.152 e. The van der Waals surface area contributed by atoms with Crippen LogP contribution in [0.15, 0.2) is 60.9 Å². The molecule has 0 saturated heterocycles. The SMILES string of the molecule is O=C(C(CO)c1c[nH]c2ccccc12)C(CO)c1c[nH]c2ccccc12. The number of nitrogens with one attached hydrogen (secondary N) is 2. The van der Waals surface area contributed by atoms with Gasteiger partial charge in [0.05, 0.1) is 25.0 Å². The molecule has 132 valence electrons. The minimum Gasteiger partial charge on any atom is -0.395 e. The zero-order valence-corrected chi connectivity index (χ0v) is 14.1. The molecule has 4 N–H and O–H groups in total. The van der Waals surface area contributed by atoms with Gasteiger partial charge in [-0.05, 0) is 23.3 Å². The molecule has 0 radical (unpaired) electrons. The standard InChI is InChI=1S/C21H20N2O3/c24-11-17(15-9-22-19-7-3-1-5-13(15)19)21(26)18(12-25)16-10-23-20-8-4-2-6-14(16)20/h1-10,17-18,22-25H,11-12H2. The van der Waals surface area contributed by atoms with Crippen molar-refractivity contribution >= 4 is 27.6 Å². The van der Waals surface area contributed by atoms with Gasteiger partial charge in [0.15, 0.2) is 5.78 Å². The van der Waals surface area contributed by atoms with E-state index < -0.39 is 11.8 Å². The first-order chi connectivity index (χ1) is 12.7. The van der Waals surface area contributed by atoms with E-state index in [-0.39, 0.29) is 19.0 Å². The smallest absolute Gasteiger partial charge is 0.152 e. The summed E-state index contributed by atoms with van der Waals surface area (Å²) in [5.41, 5.74) is 3.35. The molecule has 0 bridgehead atoms. The number of aromatic nitrogens is 2. The second-order valence-electron chi connectivity index (χ2n) is 6.45. The normalized spacial score (nSPS) is 13.9. The molecule has 5 heteroatoms. The first-order valence-corrected chi connectivity index (χ1v) is 8.62. The Morgan fingerprint density at radius 3 is 1.62 bits per heavy atom. The van der Waals surface area contributed by atoms with Gasteiger partial charge in [0, 0.05) is 34.2 Å². The molecule has 0 amide bonds. The Morgan fingerprint density at radius 1 is 0.769 bits per heavy atom. The lowest BCUT2D eigenvalue weighted by Gasteiger charge is -2.19. The third kappa shape index (κ3) is 2.62. The molecule has 4 aromatic rings. The third-order valence-corrected chi connectivity index (χ3v) is 5.05. The lowest BCUT2D eigenvalue weighted by molar-refractivity contribution is -0.123. The Kier molecular flexibility index (Phi) is 4.32. The van der Waals surface area contributed by atoms with Gasteiger partial charge in [-0.1, -0.05) is 36.4 Å². The number of aromatic amines is 2. The molecule has 0 aliphatic carbocycles. The third-order valence-electron chi connectivity index (χ3n) is 5.05. The van der Waals surface area contributed by atoms with Crippen molar-refractivity contribution in [1.82, 2.24) is 9.97 Å². The number of rotatable bonds is 6. The van der Waals surface area contributed by atoms with E-state index in [1.54, 1.807) is 12.4 Å². The topological polar surface area (TPSA) is 89.1 Å². The van der Waals surface area contributed by atoms with Crippen molar-refractivity contribution < 1.29 is 15.0 Å². The van der Waals surface area contributed by atoms with Crippen LogP contribution in [-0.4, -0.2) is 39.2 Å². The monoisotopic (exact) mass is 348 g/mol.